The molecule has 1 aromatic rings. The third-order valence-electron chi connectivity index (χ3n) is 3.42. The minimum Gasteiger partial charge on any atom is -0.386 e. The van der Waals surface area contributed by atoms with Gasteiger partial charge in [-0.3, -0.25) is 4.68 Å². The number of hydrogen-bond acceptors (Lipinski definition) is 5. The maximum atomic E-state index is 10.7. The lowest BCUT2D eigenvalue weighted by atomic mass is 10.1. The van der Waals surface area contributed by atoms with Gasteiger partial charge in [0.05, 0.1) is 23.5 Å². The molecular weight excluding hydrogens is 314 g/mol. The van der Waals surface area contributed by atoms with Gasteiger partial charge in [0.15, 0.2) is 0 Å². The van der Waals surface area contributed by atoms with Crippen molar-refractivity contribution in [2.24, 2.45) is 0 Å². The number of thioether (sulfide) groups is 2. The van der Waals surface area contributed by atoms with Crippen molar-refractivity contribution in [1.82, 2.24) is 14.7 Å². The van der Waals surface area contributed by atoms with Gasteiger partial charge in [0.1, 0.15) is 6.10 Å². The Balaban J connectivity index is 2.15. The molecule has 4 nitrogen and oxygen atoms in total. The van der Waals surface area contributed by atoms with Crippen molar-refractivity contribution in [3.05, 3.63) is 16.9 Å². The lowest BCUT2D eigenvalue weighted by Crippen LogP contribution is -2.31. The monoisotopic (exact) mass is 335 g/mol. The van der Waals surface area contributed by atoms with Gasteiger partial charge in [0.25, 0.3) is 0 Å². The molecule has 0 aromatic carbocycles. The topological polar surface area (TPSA) is 41.3 Å². The highest BCUT2D eigenvalue weighted by Gasteiger charge is 2.33. The van der Waals surface area contributed by atoms with E-state index in [1.165, 1.54) is 0 Å². The summed E-state index contributed by atoms with van der Waals surface area (Å²) in [6, 6.07) is 0. The summed E-state index contributed by atoms with van der Waals surface area (Å²) < 4.78 is 1.85. The van der Waals surface area contributed by atoms with Crippen LogP contribution < -0.4 is 0 Å². The average molecular weight is 336 g/mol. The van der Waals surface area contributed by atoms with E-state index in [2.05, 4.69) is 16.9 Å². The summed E-state index contributed by atoms with van der Waals surface area (Å²) in [6.07, 6.45) is 1.08. The first-order valence-corrected chi connectivity index (χ1v) is 9.25. The Bertz CT molecular complexity index is 441. The van der Waals surface area contributed by atoms with Gasteiger partial charge >= 0.3 is 0 Å². The molecule has 0 amide bonds. The smallest absolute Gasteiger partial charge is 0.110 e. The predicted octanol–water partition coefficient (Wildman–Crippen LogP) is 2.37. The van der Waals surface area contributed by atoms with Crippen LogP contribution >= 0.6 is 35.1 Å². The third-order valence-corrected chi connectivity index (χ3v) is 6.89. The first-order valence-electron chi connectivity index (χ1n) is 6.78. The second kappa shape index (κ2) is 7.40. The number of nitrogens with zero attached hydrogens (tertiary/aromatic N) is 3. The maximum Gasteiger partial charge on any atom is 0.110 e. The van der Waals surface area contributed by atoms with Crippen molar-refractivity contribution in [3.8, 4) is 0 Å². The molecule has 1 saturated heterocycles. The van der Waals surface area contributed by atoms with Gasteiger partial charge < -0.3 is 10.0 Å². The SMILES string of the molecule is CC1SCCSC1C(O)c1c(Cl)cnn1CCN(C)C. The zero-order chi connectivity index (χ0) is 14.7. The minimum atomic E-state index is -0.556. The fraction of sp³-hybridized carbons (Fsp3) is 0.769. The van der Waals surface area contributed by atoms with Crippen LogP contribution in [0.2, 0.25) is 5.02 Å². The number of aliphatic hydroxyl groups is 1. The maximum absolute atomic E-state index is 10.7. The first-order chi connectivity index (χ1) is 9.50. The normalized spacial score (nSPS) is 25.1. The highest BCUT2D eigenvalue weighted by atomic mass is 35.5. The Morgan fingerprint density at radius 3 is 2.85 bits per heavy atom. The molecule has 0 saturated carbocycles. The summed E-state index contributed by atoms with van der Waals surface area (Å²) in [5.41, 5.74) is 0.764. The Labute approximate surface area is 134 Å². The lowest BCUT2D eigenvalue weighted by molar-refractivity contribution is 0.161. The van der Waals surface area contributed by atoms with Gasteiger partial charge in [-0.1, -0.05) is 18.5 Å². The minimum absolute atomic E-state index is 0.182. The van der Waals surface area contributed by atoms with Crippen LogP contribution in [0.3, 0.4) is 0 Å². The summed E-state index contributed by atoms with van der Waals surface area (Å²) in [4.78, 5) is 2.10. The van der Waals surface area contributed by atoms with Crippen LogP contribution in [0.5, 0.6) is 0 Å². The van der Waals surface area contributed by atoms with Crippen molar-refractivity contribution in [3.63, 3.8) is 0 Å². The summed E-state index contributed by atoms with van der Waals surface area (Å²) in [6.45, 7) is 3.80. The van der Waals surface area contributed by atoms with E-state index < -0.39 is 6.10 Å². The summed E-state index contributed by atoms with van der Waals surface area (Å²) >= 11 is 10.0. The van der Waals surface area contributed by atoms with E-state index >= 15 is 0 Å². The zero-order valence-corrected chi connectivity index (χ0v) is 14.5. The van der Waals surface area contributed by atoms with Gasteiger partial charge in [-0.15, -0.1) is 0 Å². The molecule has 20 heavy (non-hydrogen) atoms. The van der Waals surface area contributed by atoms with Crippen LogP contribution in [-0.2, 0) is 6.54 Å². The molecule has 3 unspecified atom stereocenters. The lowest BCUT2D eigenvalue weighted by Gasteiger charge is -2.32. The molecule has 0 bridgehead atoms. The average Bonchev–Trinajstić information content (AvgIpc) is 2.77. The molecule has 2 rings (SSSR count). The molecular formula is C13H22ClN3OS2. The standard InChI is InChI=1S/C13H22ClN3OS2/c1-9-13(20-7-6-19-9)12(18)11-10(14)8-15-17(11)5-4-16(2)3/h8-9,12-13,18H,4-7H2,1-3H3. The number of rotatable bonds is 5. The molecule has 2 heterocycles. The van der Waals surface area contributed by atoms with Crippen molar-refractivity contribution in [2.75, 3.05) is 32.1 Å². The van der Waals surface area contributed by atoms with E-state index in [4.69, 9.17) is 11.6 Å². The molecule has 0 spiro atoms. The van der Waals surface area contributed by atoms with Crippen LogP contribution in [0.15, 0.2) is 6.20 Å². The van der Waals surface area contributed by atoms with Crippen LogP contribution in [0.1, 0.15) is 18.7 Å². The Morgan fingerprint density at radius 1 is 1.50 bits per heavy atom. The molecule has 114 valence electrons. The van der Waals surface area contributed by atoms with Crippen LogP contribution in [0.25, 0.3) is 0 Å². The molecule has 0 radical (unpaired) electrons. The largest absolute Gasteiger partial charge is 0.386 e. The van der Waals surface area contributed by atoms with E-state index in [1.807, 2.05) is 42.3 Å². The third kappa shape index (κ3) is 3.85. The molecule has 1 aromatic heterocycles. The van der Waals surface area contributed by atoms with E-state index in [1.54, 1.807) is 6.20 Å². The van der Waals surface area contributed by atoms with Crippen molar-refractivity contribution < 1.29 is 5.11 Å². The van der Waals surface area contributed by atoms with Crippen LogP contribution in [0, 0.1) is 0 Å². The number of aromatic nitrogens is 2. The van der Waals surface area contributed by atoms with E-state index in [0.717, 1.165) is 30.3 Å². The van der Waals surface area contributed by atoms with Gasteiger partial charge in [-0.25, -0.2) is 0 Å². The summed E-state index contributed by atoms with van der Waals surface area (Å²) in [7, 11) is 4.05. The predicted molar refractivity (Wildman–Crippen MR) is 88.9 cm³/mol. The van der Waals surface area contributed by atoms with E-state index in [0.29, 0.717) is 10.3 Å². The fourth-order valence-electron chi connectivity index (χ4n) is 2.29. The van der Waals surface area contributed by atoms with Gasteiger partial charge in [0, 0.05) is 28.6 Å². The molecule has 1 N–H and O–H groups in total. The number of aliphatic hydroxyl groups excluding tert-OH is 1. The summed E-state index contributed by atoms with van der Waals surface area (Å²) in [5.74, 6) is 2.24. The zero-order valence-electron chi connectivity index (χ0n) is 12.1. The number of hydrogen-bond donors (Lipinski definition) is 1. The quantitative estimate of drug-likeness (QED) is 0.894. The summed E-state index contributed by atoms with van der Waals surface area (Å²) in [5, 5.41) is 16.2. The molecule has 1 fully saturated rings. The van der Waals surface area contributed by atoms with Crippen molar-refractivity contribution in [2.45, 2.75) is 30.1 Å². The number of likely N-dealkylation sites (N-methyl/N-ethyl adjacent to an activating group) is 1. The fourth-order valence-corrected chi connectivity index (χ4v) is 5.35. The van der Waals surface area contributed by atoms with Crippen LogP contribution in [-0.4, -0.2) is 62.4 Å². The number of halogens is 1. The van der Waals surface area contributed by atoms with Crippen molar-refractivity contribution in [1.29, 1.82) is 0 Å². The van der Waals surface area contributed by atoms with E-state index in [-0.39, 0.29) is 5.25 Å². The Morgan fingerprint density at radius 2 is 2.20 bits per heavy atom. The van der Waals surface area contributed by atoms with Gasteiger partial charge in [-0.05, 0) is 14.1 Å². The second-order valence-corrected chi connectivity index (χ2v) is 8.44. The molecule has 1 aliphatic heterocycles. The molecule has 0 aliphatic carbocycles. The highest BCUT2D eigenvalue weighted by molar-refractivity contribution is 8.07. The molecule has 3 atom stereocenters. The van der Waals surface area contributed by atoms with E-state index in [9.17, 15) is 5.11 Å². The Kier molecular flexibility index (Phi) is 6.10. The van der Waals surface area contributed by atoms with Gasteiger partial charge in [-0.2, -0.15) is 28.6 Å². The second-order valence-electron chi connectivity index (χ2n) is 5.26. The van der Waals surface area contributed by atoms with Crippen molar-refractivity contribution >= 4 is 35.1 Å². The first kappa shape index (κ1) is 16.5. The van der Waals surface area contributed by atoms with Gasteiger partial charge in [0.2, 0.25) is 0 Å². The highest BCUT2D eigenvalue weighted by Crippen LogP contribution is 2.40. The molecule has 7 heteroatoms. The molecule has 1 aliphatic rings. The van der Waals surface area contributed by atoms with Crippen LogP contribution in [0.4, 0.5) is 0 Å². The Hall–Kier alpha value is 0.120.